The zero-order valence-corrected chi connectivity index (χ0v) is 59.4. The standard InChI is InChI=1S/C70H136O17P2/c1-6-10-13-16-19-22-24-25-26-27-28-29-30-31-33-36-39-45-50-55-69(74)86-65(59-81-68(73)54-49-44-38-35-32-23-20-17-14-11-7-2)61-84-88(76,77)82-57-64(71)58-83-89(78,79)85-62-66(60-80-67(72)53-48-43-37-34-21-18-15-12-8-3)87-70(75)56-51-46-41-40-42-47-52-63(5)9-4/h63-66,71H,6-62H2,1-5H3,(H,76,77)(H,78,79)/t63?,64-,65-,66-/m1/s1. The maximum atomic E-state index is 13.0. The molecule has 0 radical (unpaired) electrons. The van der Waals surface area contributed by atoms with E-state index in [1.54, 1.807) is 0 Å². The van der Waals surface area contributed by atoms with Gasteiger partial charge in [-0.2, -0.15) is 0 Å². The lowest BCUT2D eigenvalue weighted by Gasteiger charge is -2.21. The molecular formula is C70H136O17P2. The topological polar surface area (TPSA) is 237 Å². The number of carbonyl (C=O) groups is 4. The Bertz CT molecular complexity index is 1720. The van der Waals surface area contributed by atoms with Crippen molar-refractivity contribution in [3.05, 3.63) is 0 Å². The van der Waals surface area contributed by atoms with E-state index < -0.39 is 97.5 Å². The highest BCUT2D eigenvalue weighted by molar-refractivity contribution is 7.47. The molecule has 0 heterocycles. The Balaban J connectivity index is 5.18. The van der Waals surface area contributed by atoms with Crippen LogP contribution in [0.25, 0.3) is 0 Å². The van der Waals surface area contributed by atoms with Crippen molar-refractivity contribution >= 4 is 39.5 Å². The Morgan fingerprint density at radius 3 is 0.798 bits per heavy atom. The van der Waals surface area contributed by atoms with Gasteiger partial charge in [-0.15, -0.1) is 0 Å². The van der Waals surface area contributed by atoms with E-state index in [-0.39, 0.29) is 25.7 Å². The Kier molecular flexibility index (Phi) is 62.1. The van der Waals surface area contributed by atoms with Crippen LogP contribution in [0.5, 0.6) is 0 Å². The van der Waals surface area contributed by atoms with Crippen molar-refractivity contribution in [3.63, 3.8) is 0 Å². The number of rotatable bonds is 70. The molecule has 0 aromatic carbocycles. The summed E-state index contributed by atoms with van der Waals surface area (Å²) in [6, 6.07) is 0. The van der Waals surface area contributed by atoms with Crippen LogP contribution in [0, 0.1) is 5.92 Å². The molecule has 6 atom stereocenters. The summed E-state index contributed by atoms with van der Waals surface area (Å²) in [7, 11) is -9.89. The van der Waals surface area contributed by atoms with Crippen LogP contribution in [0.15, 0.2) is 0 Å². The number of esters is 4. The van der Waals surface area contributed by atoms with E-state index in [4.69, 9.17) is 37.0 Å². The third-order valence-corrected chi connectivity index (χ3v) is 18.5. The minimum Gasteiger partial charge on any atom is -0.462 e. The molecule has 0 bridgehead atoms. The normalized spacial score (nSPS) is 14.4. The number of aliphatic hydroxyl groups excluding tert-OH is 1. The molecule has 0 aromatic rings. The summed E-state index contributed by atoms with van der Waals surface area (Å²) >= 11 is 0. The predicted molar refractivity (Wildman–Crippen MR) is 358 cm³/mol. The van der Waals surface area contributed by atoms with Gasteiger partial charge in [-0.05, 0) is 31.6 Å². The van der Waals surface area contributed by atoms with Gasteiger partial charge >= 0.3 is 39.5 Å². The lowest BCUT2D eigenvalue weighted by Crippen LogP contribution is -2.30. The highest BCUT2D eigenvalue weighted by Gasteiger charge is 2.30. The molecule has 0 rings (SSSR count). The maximum Gasteiger partial charge on any atom is 0.472 e. The minimum atomic E-state index is -4.95. The summed E-state index contributed by atoms with van der Waals surface area (Å²) in [5.41, 5.74) is 0. The van der Waals surface area contributed by atoms with Crippen molar-refractivity contribution < 1.29 is 80.2 Å². The number of carbonyl (C=O) groups excluding carboxylic acids is 4. The first-order valence-corrected chi connectivity index (χ1v) is 39.7. The number of phosphoric acid groups is 2. The highest BCUT2D eigenvalue weighted by Crippen LogP contribution is 2.45. The zero-order chi connectivity index (χ0) is 65.6. The quantitative estimate of drug-likeness (QED) is 0.0222. The molecule has 0 aliphatic heterocycles. The number of hydrogen-bond donors (Lipinski definition) is 3. The van der Waals surface area contributed by atoms with Gasteiger partial charge in [-0.3, -0.25) is 37.3 Å². The lowest BCUT2D eigenvalue weighted by atomic mass is 10.00. The molecular weight excluding hydrogens is 1170 g/mol. The second kappa shape index (κ2) is 63.5. The maximum absolute atomic E-state index is 13.0. The number of unbranched alkanes of at least 4 members (excludes halogenated alkanes) is 41. The van der Waals surface area contributed by atoms with E-state index in [2.05, 4.69) is 34.6 Å². The summed E-state index contributed by atoms with van der Waals surface area (Å²) in [6.45, 7) is 7.18. The number of aliphatic hydroxyl groups is 1. The van der Waals surface area contributed by atoms with E-state index >= 15 is 0 Å². The fourth-order valence-corrected chi connectivity index (χ4v) is 12.2. The third-order valence-electron chi connectivity index (χ3n) is 16.6. The molecule has 3 N–H and O–H groups in total. The van der Waals surface area contributed by atoms with Gasteiger partial charge in [0, 0.05) is 25.7 Å². The Labute approximate surface area is 543 Å². The molecule has 0 saturated heterocycles. The van der Waals surface area contributed by atoms with Crippen molar-refractivity contribution in [3.8, 4) is 0 Å². The van der Waals surface area contributed by atoms with Crippen LogP contribution >= 0.6 is 15.6 Å². The largest absolute Gasteiger partial charge is 0.472 e. The molecule has 0 amide bonds. The second-order valence-corrected chi connectivity index (χ2v) is 28.4. The average molecular weight is 1310 g/mol. The van der Waals surface area contributed by atoms with E-state index in [0.29, 0.717) is 25.7 Å². The predicted octanol–water partition coefficient (Wildman–Crippen LogP) is 20.1. The monoisotopic (exact) mass is 1310 g/mol. The molecule has 89 heavy (non-hydrogen) atoms. The summed E-state index contributed by atoms with van der Waals surface area (Å²) in [6.07, 6.45) is 50.0. The fourth-order valence-electron chi connectivity index (χ4n) is 10.6. The van der Waals surface area contributed by atoms with Gasteiger partial charge in [0.25, 0.3) is 0 Å². The van der Waals surface area contributed by atoms with Crippen LogP contribution in [-0.2, 0) is 65.4 Å². The van der Waals surface area contributed by atoms with Crippen LogP contribution in [0.3, 0.4) is 0 Å². The van der Waals surface area contributed by atoms with Gasteiger partial charge in [0.2, 0.25) is 0 Å². The molecule has 0 fully saturated rings. The molecule has 528 valence electrons. The molecule has 0 saturated carbocycles. The fraction of sp³-hybridized carbons (Fsp3) is 0.943. The van der Waals surface area contributed by atoms with Crippen LogP contribution in [0.4, 0.5) is 0 Å². The number of ether oxygens (including phenoxy) is 4. The molecule has 0 spiro atoms. The molecule has 3 unspecified atom stereocenters. The number of hydrogen-bond acceptors (Lipinski definition) is 15. The van der Waals surface area contributed by atoms with E-state index in [1.807, 2.05) is 0 Å². The molecule has 19 heteroatoms. The SMILES string of the molecule is CCCCCCCCCCCCCCCCCCCCCC(=O)O[C@H](COC(=O)CCCCCCCCCCCCC)COP(=O)(O)OC[C@@H](O)COP(=O)(O)OC[C@@H](COC(=O)CCCCCCCCCCC)OC(=O)CCCCCCCCC(C)CC. The van der Waals surface area contributed by atoms with Gasteiger partial charge in [-0.1, -0.05) is 311 Å². The van der Waals surface area contributed by atoms with Gasteiger partial charge in [0.15, 0.2) is 12.2 Å². The summed E-state index contributed by atoms with van der Waals surface area (Å²) in [5, 5.41) is 10.6. The van der Waals surface area contributed by atoms with Gasteiger partial charge < -0.3 is 33.8 Å². The smallest absolute Gasteiger partial charge is 0.462 e. The first-order valence-electron chi connectivity index (χ1n) is 36.7. The summed E-state index contributed by atoms with van der Waals surface area (Å²) < 4.78 is 68.2. The lowest BCUT2D eigenvalue weighted by molar-refractivity contribution is -0.161. The van der Waals surface area contributed by atoms with Crippen molar-refractivity contribution in [2.75, 3.05) is 39.6 Å². The van der Waals surface area contributed by atoms with Crippen LogP contribution in [0.2, 0.25) is 0 Å². The number of phosphoric ester groups is 2. The Hall–Kier alpha value is -1.94. The van der Waals surface area contributed by atoms with E-state index in [9.17, 15) is 43.2 Å². The van der Waals surface area contributed by atoms with E-state index in [1.165, 1.54) is 186 Å². The molecule has 17 nitrogen and oxygen atoms in total. The molecule has 0 aliphatic rings. The van der Waals surface area contributed by atoms with Gasteiger partial charge in [0.1, 0.15) is 19.3 Å². The minimum absolute atomic E-state index is 0.103. The van der Waals surface area contributed by atoms with Crippen LogP contribution in [-0.4, -0.2) is 96.7 Å². The van der Waals surface area contributed by atoms with Gasteiger partial charge in [-0.25, -0.2) is 9.13 Å². The first kappa shape index (κ1) is 87.1. The average Bonchev–Trinajstić information content (AvgIpc) is 3.69. The Morgan fingerprint density at radius 1 is 0.315 bits per heavy atom. The zero-order valence-electron chi connectivity index (χ0n) is 57.6. The van der Waals surface area contributed by atoms with Crippen molar-refractivity contribution in [1.82, 2.24) is 0 Å². The second-order valence-electron chi connectivity index (χ2n) is 25.5. The van der Waals surface area contributed by atoms with Crippen molar-refractivity contribution in [2.24, 2.45) is 5.92 Å². The first-order chi connectivity index (χ1) is 43.1. The summed E-state index contributed by atoms with van der Waals surface area (Å²) in [4.78, 5) is 72.4. The van der Waals surface area contributed by atoms with E-state index in [0.717, 1.165) is 95.8 Å². The van der Waals surface area contributed by atoms with Gasteiger partial charge in [0.05, 0.1) is 26.4 Å². The van der Waals surface area contributed by atoms with Crippen LogP contribution < -0.4 is 0 Å². The summed E-state index contributed by atoms with van der Waals surface area (Å²) in [5.74, 6) is -1.41. The van der Waals surface area contributed by atoms with Crippen molar-refractivity contribution in [2.45, 2.75) is 380 Å². The van der Waals surface area contributed by atoms with Crippen LogP contribution in [0.1, 0.15) is 362 Å². The molecule has 0 aromatic heterocycles. The third kappa shape index (κ3) is 63.2. The van der Waals surface area contributed by atoms with Crippen molar-refractivity contribution in [1.29, 1.82) is 0 Å². The highest BCUT2D eigenvalue weighted by atomic mass is 31.2. The molecule has 0 aliphatic carbocycles. The Morgan fingerprint density at radius 2 is 0.539 bits per heavy atom.